The third-order valence-electron chi connectivity index (χ3n) is 4.36. The number of nitrogens with one attached hydrogen (secondary N) is 2. The highest BCUT2D eigenvalue weighted by Gasteiger charge is 2.46. The Hall–Kier alpha value is -2.92. The number of urea groups is 1. The maximum absolute atomic E-state index is 12.8. The molecule has 0 unspecified atom stereocenters. The third-order valence-corrected chi connectivity index (χ3v) is 5.18. The molecule has 2 aliphatic rings. The zero-order chi connectivity index (χ0) is 20.1. The molecule has 1 aromatic heterocycles. The summed E-state index contributed by atoms with van der Waals surface area (Å²) in [6.45, 7) is 4.49. The maximum atomic E-state index is 12.8. The van der Waals surface area contributed by atoms with E-state index in [4.69, 9.17) is 9.94 Å². The van der Waals surface area contributed by atoms with Crippen molar-refractivity contribution in [3.8, 4) is 0 Å². The first-order valence-electron chi connectivity index (χ1n) is 8.70. The molecule has 3 rings (SSSR count). The lowest BCUT2D eigenvalue weighted by molar-refractivity contribution is -0.121. The number of hydrogen-bond acceptors (Lipinski definition) is 6. The summed E-state index contributed by atoms with van der Waals surface area (Å²) in [5.74, 6) is -0.305. The molecule has 0 aliphatic carbocycles. The Morgan fingerprint density at radius 3 is 2.96 bits per heavy atom. The molecular formula is C17H21N5O5S. The normalized spacial score (nSPS) is 20.7. The van der Waals surface area contributed by atoms with Crippen molar-refractivity contribution in [2.45, 2.75) is 18.5 Å². The largest absolute Gasteiger partial charge is 0.465 e. The van der Waals surface area contributed by atoms with Crippen LogP contribution in [-0.4, -0.2) is 76.4 Å². The van der Waals surface area contributed by atoms with Crippen LogP contribution < -0.4 is 10.6 Å². The zero-order valence-corrected chi connectivity index (χ0v) is 15.9. The number of fused-ring (bicyclic) bond motifs is 2. The SMILES string of the molecule is C=CCON1C(=O)N2C[C@H]1C=C(c1nccs1)[C@H]2CNC(=O)CCNC(=O)O. The smallest absolute Gasteiger partial charge is 0.404 e. The number of hydrogen-bond donors (Lipinski definition) is 3. The summed E-state index contributed by atoms with van der Waals surface area (Å²) in [6.07, 6.45) is 4.04. The number of hydroxylamine groups is 2. The van der Waals surface area contributed by atoms with Crippen molar-refractivity contribution in [1.29, 1.82) is 0 Å². The van der Waals surface area contributed by atoms with E-state index < -0.39 is 6.09 Å². The van der Waals surface area contributed by atoms with Gasteiger partial charge in [0.2, 0.25) is 5.91 Å². The van der Waals surface area contributed by atoms with Gasteiger partial charge in [-0.2, -0.15) is 5.06 Å². The highest BCUT2D eigenvalue weighted by molar-refractivity contribution is 7.10. The number of rotatable bonds is 9. The minimum Gasteiger partial charge on any atom is -0.465 e. The summed E-state index contributed by atoms with van der Waals surface area (Å²) in [5.41, 5.74) is 0.855. The van der Waals surface area contributed by atoms with Crippen molar-refractivity contribution in [2.75, 3.05) is 26.2 Å². The molecule has 28 heavy (non-hydrogen) atoms. The first-order valence-corrected chi connectivity index (χ1v) is 9.58. The van der Waals surface area contributed by atoms with E-state index >= 15 is 0 Å². The van der Waals surface area contributed by atoms with Crippen LogP contribution in [0.3, 0.4) is 0 Å². The zero-order valence-electron chi connectivity index (χ0n) is 15.0. The van der Waals surface area contributed by atoms with Crippen LogP contribution in [0.25, 0.3) is 5.57 Å². The number of carbonyl (C=O) groups is 3. The molecule has 1 aromatic rings. The van der Waals surface area contributed by atoms with Crippen LogP contribution in [0, 0.1) is 0 Å². The highest BCUT2D eigenvalue weighted by Crippen LogP contribution is 2.35. The fraction of sp³-hybridized carbons (Fsp3) is 0.412. The van der Waals surface area contributed by atoms with E-state index in [-0.39, 0.29) is 50.1 Å². The number of nitrogens with zero attached hydrogens (tertiary/aromatic N) is 3. The van der Waals surface area contributed by atoms with Crippen molar-refractivity contribution >= 4 is 34.9 Å². The Balaban J connectivity index is 1.71. The summed E-state index contributed by atoms with van der Waals surface area (Å²) in [7, 11) is 0. The lowest BCUT2D eigenvalue weighted by Gasteiger charge is -2.31. The molecule has 2 bridgehead atoms. The predicted octanol–water partition coefficient (Wildman–Crippen LogP) is 0.906. The average Bonchev–Trinajstić information content (AvgIpc) is 3.27. The standard InChI is InChI=1S/C17H21N5O5S/c1-2-6-27-22-11-8-12(15-18-5-7-28-15)13(21(10-11)17(22)26)9-20-14(23)3-4-19-16(24)25/h2,5,7-8,11,13,19H,1,3-4,6,9-10H2,(H,20,23)(H,24,25)/t11-,13-/m1/s1. The molecule has 4 amide bonds. The average molecular weight is 407 g/mol. The number of thiazole rings is 1. The Morgan fingerprint density at radius 2 is 2.29 bits per heavy atom. The Morgan fingerprint density at radius 1 is 1.46 bits per heavy atom. The molecule has 3 heterocycles. The summed E-state index contributed by atoms with van der Waals surface area (Å²) in [6, 6.07) is -0.900. The molecule has 3 N–H and O–H groups in total. The van der Waals surface area contributed by atoms with Gasteiger partial charge >= 0.3 is 12.1 Å². The van der Waals surface area contributed by atoms with Gasteiger partial charge in [0, 0.05) is 43.2 Å². The number of carboxylic acid groups (broad SMARTS) is 1. The molecule has 0 saturated carbocycles. The van der Waals surface area contributed by atoms with Crippen LogP contribution in [0.4, 0.5) is 9.59 Å². The van der Waals surface area contributed by atoms with Gasteiger partial charge in [-0.15, -0.1) is 17.9 Å². The van der Waals surface area contributed by atoms with Gasteiger partial charge in [0.25, 0.3) is 0 Å². The van der Waals surface area contributed by atoms with Crippen LogP contribution in [-0.2, 0) is 9.63 Å². The summed E-state index contributed by atoms with van der Waals surface area (Å²) >= 11 is 1.46. The second kappa shape index (κ2) is 8.85. The first-order chi connectivity index (χ1) is 13.5. The molecule has 1 saturated heterocycles. The number of aromatic nitrogens is 1. The van der Waals surface area contributed by atoms with Crippen molar-refractivity contribution in [1.82, 2.24) is 25.6 Å². The monoisotopic (exact) mass is 407 g/mol. The lowest BCUT2D eigenvalue weighted by atomic mass is 9.99. The van der Waals surface area contributed by atoms with E-state index in [2.05, 4.69) is 22.2 Å². The van der Waals surface area contributed by atoms with E-state index in [1.54, 1.807) is 17.2 Å². The van der Waals surface area contributed by atoms with E-state index in [1.807, 2.05) is 11.5 Å². The Labute approximate surface area is 165 Å². The fourth-order valence-corrected chi connectivity index (χ4v) is 3.87. The van der Waals surface area contributed by atoms with Gasteiger partial charge in [-0.05, 0) is 6.08 Å². The van der Waals surface area contributed by atoms with Gasteiger partial charge in [0.15, 0.2) is 0 Å². The maximum Gasteiger partial charge on any atom is 0.404 e. The Bertz CT molecular complexity index is 781. The summed E-state index contributed by atoms with van der Waals surface area (Å²) in [5, 5.41) is 17.4. The van der Waals surface area contributed by atoms with Gasteiger partial charge in [-0.1, -0.05) is 6.08 Å². The van der Waals surface area contributed by atoms with Crippen molar-refractivity contribution in [3.05, 3.63) is 35.3 Å². The van der Waals surface area contributed by atoms with E-state index in [0.29, 0.717) is 6.54 Å². The number of amides is 4. The molecular weight excluding hydrogens is 386 g/mol. The molecule has 2 aliphatic heterocycles. The van der Waals surface area contributed by atoms with Gasteiger partial charge in [0.1, 0.15) is 5.01 Å². The van der Waals surface area contributed by atoms with Crippen LogP contribution in [0.2, 0.25) is 0 Å². The van der Waals surface area contributed by atoms with Crippen LogP contribution >= 0.6 is 11.3 Å². The molecule has 150 valence electrons. The third kappa shape index (κ3) is 4.31. The van der Waals surface area contributed by atoms with Gasteiger partial charge < -0.3 is 20.6 Å². The topological polar surface area (TPSA) is 124 Å². The minimum atomic E-state index is -1.18. The molecule has 0 aromatic carbocycles. The van der Waals surface area contributed by atoms with E-state index in [9.17, 15) is 14.4 Å². The predicted molar refractivity (Wildman–Crippen MR) is 101 cm³/mol. The summed E-state index contributed by atoms with van der Waals surface area (Å²) < 4.78 is 0. The number of carbonyl (C=O) groups excluding carboxylic acids is 2. The molecule has 2 atom stereocenters. The fourth-order valence-electron chi connectivity index (χ4n) is 3.16. The quantitative estimate of drug-likeness (QED) is 0.523. The molecule has 11 heteroatoms. The lowest BCUT2D eigenvalue weighted by Crippen LogP contribution is -2.47. The van der Waals surface area contributed by atoms with Crippen molar-refractivity contribution in [3.63, 3.8) is 0 Å². The van der Waals surface area contributed by atoms with Gasteiger partial charge in [0.05, 0.1) is 18.7 Å². The molecule has 0 radical (unpaired) electrons. The highest BCUT2D eigenvalue weighted by atomic mass is 32.1. The van der Waals surface area contributed by atoms with Crippen LogP contribution in [0.1, 0.15) is 11.4 Å². The van der Waals surface area contributed by atoms with Crippen LogP contribution in [0.15, 0.2) is 30.3 Å². The van der Waals surface area contributed by atoms with Gasteiger partial charge in [-0.25, -0.2) is 14.6 Å². The van der Waals surface area contributed by atoms with Crippen molar-refractivity contribution in [2.24, 2.45) is 0 Å². The minimum absolute atomic E-state index is 0.0143. The van der Waals surface area contributed by atoms with Gasteiger partial charge in [-0.3, -0.25) is 9.63 Å². The second-order valence-corrected chi connectivity index (χ2v) is 7.07. The Kier molecular flexibility index (Phi) is 6.26. The molecule has 1 fully saturated rings. The van der Waals surface area contributed by atoms with Crippen LogP contribution in [0.5, 0.6) is 0 Å². The first kappa shape index (κ1) is 19.8. The van der Waals surface area contributed by atoms with E-state index in [1.165, 1.54) is 16.4 Å². The second-order valence-electron chi connectivity index (χ2n) is 6.17. The summed E-state index contributed by atoms with van der Waals surface area (Å²) in [4.78, 5) is 46.8. The molecule has 0 spiro atoms. The van der Waals surface area contributed by atoms with E-state index in [0.717, 1.165) is 10.6 Å². The molecule has 10 nitrogen and oxygen atoms in total. The van der Waals surface area contributed by atoms with Crippen molar-refractivity contribution < 1.29 is 24.3 Å².